The molecule has 3 rings (SSSR count). The zero-order chi connectivity index (χ0) is 14.1. The van der Waals surface area contributed by atoms with Gasteiger partial charge >= 0.3 is 0 Å². The third kappa shape index (κ3) is 2.33. The molecule has 0 saturated heterocycles. The molecule has 3 N–H and O–H groups in total. The Hall–Kier alpha value is -2.46. The van der Waals surface area contributed by atoms with Gasteiger partial charge in [-0.1, -0.05) is 17.7 Å². The van der Waals surface area contributed by atoms with Gasteiger partial charge in [-0.2, -0.15) is 0 Å². The first-order valence-electron chi connectivity index (χ1n) is 5.94. The summed E-state index contributed by atoms with van der Waals surface area (Å²) >= 11 is 5.93. The average molecular weight is 287 g/mol. The number of nitrogens with zero attached hydrogens (tertiary/aromatic N) is 1. The van der Waals surface area contributed by atoms with Crippen molar-refractivity contribution in [3.05, 3.63) is 53.7 Å². The number of nitrogens with two attached hydrogens (primary N) is 1. The molecule has 3 aromatic rings. The predicted molar refractivity (Wildman–Crippen MR) is 79.3 cm³/mol. The lowest BCUT2D eigenvalue weighted by molar-refractivity contribution is 0.467. The van der Waals surface area contributed by atoms with Crippen molar-refractivity contribution < 1.29 is 9.84 Å². The first kappa shape index (κ1) is 12.6. The monoisotopic (exact) mass is 286 g/mol. The number of anilines is 1. The number of phenolic OH excluding ortho intramolecular Hbond substituents is 1. The van der Waals surface area contributed by atoms with Crippen LogP contribution in [0.1, 0.15) is 0 Å². The van der Waals surface area contributed by atoms with Crippen molar-refractivity contribution in [1.29, 1.82) is 0 Å². The van der Waals surface area contributed by atoms with Crippen molar-refractivity contribution >= 4 is 28.1 Å². The van der Waals surface area contributed by atoms with Crippen molar-refractivity contribution in [2.75, 3.05) is 5.73 Å². The number of rotatable bonds is 2. The van der Waals surface area contributed by atoms with Crippen molar-refractivity contribution in [2.45, 2.75) is 0 Å². The van der Waals surface area contributed by atoms with Gasteiger partial charge in [0.1, 0.15) is 5.75 Å². The maximum absolute atomic E-state index is 9.59. The van der Waals surface area contributed by atoms with E-state index in [2.05, 4.69) is 4.98 Å². The Balaban J connectivity index is 2.10. The minimum absolute atomic E-state index is 0.148. The highest BCUT2D eigenvalue weighted by atomic mass is 35.5. The molecule has 5 heteroatoms. The maximum Gasteiger partial charge on any atom is 0.227 e. The van der Waals surface area contributed by atoms with E-state index in [1.807, 2.05) is 6.07 Å². The molecule has 0 fully saturated rings. The number of pyridine rings is 1. The van der Waals surface area contributed by atoms with Gasteiger partial charge in [-0.05, 0) is 35.7 Å². The Morgan fingerprint density at radius 3 is 2.80 bits per heavy atom. The Morgan fingerprint density at radius 2 is 1.95 bits per heavy atom. The molecule has 0 amide bonds. The first-order valence-corrected chi connectivity index (χ1v) is 6.32. The number of phenols is 1. The molecule has 0 spiro atoms. The van der Waals surface area contributed by atoms with Crippen LogP contribution >= 0.6 is 11.6 Å². The number of ether oxygens (including phenoxy) is 1. The average Bonchev–Trinajstić information content (AvgIpc) is 2.43. The number of hydrogen-bond acceptors (Lipinski definition) is 4. The lowest BCUT2D eigenvalue weighted by atomic mass is 10.1. The molecule has 1 aromatic heterocycles. The van der Waals surface area contributed by atoms with Gasteiger partial charge in [0.25, 0.3) is 0 Å². The van der Waals surface area contributed by atoms with Crippen LogP contribution in [0.15, 0.2) is 48.7 Å². The summed E-state index contributed by atoms with van der Waals surface area (Å²) in [6, 6.07) is 11.8. The number of benzene rings is 2. The van der Waals surface area contributed by atoms with Gasteiger partial charge < -0.3 is 15.6 Å². The summed E-state index contributed by atoms with van der Waals surface area (Å²) in [6.45, 7) is 0. The third-order valence-corrected chi connectivity index (χ3v) is 3.13. The van der Waals surface area contributed by atoms with Gasteiger partial charge in [-0.3, -0.25) is 0 Å². The van der Waals surface area contributed by atoms with Crippen LogP contribution in [0.2, 0.25) is 5.02 Å². The van der Waals surface area contributed by atoms with E-state index in [1.54, 1.807) is 42.6 Å². The lowest BCUT2D eigenvalue weighted by Gasteiger charge is -2.10. The molecule has 0 aliphatic rings. The fourth-order valence-electron chi connectivity index (χ4n) is 1.91. The molecule has 0 aliphatic heterocycles. The van der Waals surface area contributed by atoms with E-state index < -0.39 is 0 Å². The highest BCUT2D eigenvalue weighted by Crippen LogP contribution is 2.33. The van der Waals surface area contributed by atoms with Crippen molar-refractivity contribution in [2.24, 2.45) is 0 Å². The van der Waals surface area contributed by atoms with Crippen LogP contribution in [0.4, 0.5) is 5.69 Å². The van der Waals surface area contributed by atoms with Gasteiger partial charge in [0.05, 0.1) is 5.69 Å². The second kappa shape index (κ2) is 4.90. The van der Waals surface area contributed by atoms with Crippen LogP contribution in [0, 0.1) is 0 Å². The molecular formula is C15H11ClN2O2. The zero-order valence-electron chi connectivity index (χ0n) is 10.4. The van der Waals surface area contributed by atoms with Crippen LogP contribution in [-0.4, -0.2) is 10.1 Å². The van der Waals surface area contributed by atoms with Crippen LogP contribution < -0.4 is 10.5 Å². The lowest BCUT2D eigenvalue weighted by Crippen LogP contribution is -1.94. The Bertz CT molecular complexity index is 790. The summed E-state index contributed by atoms with van der Waals surface area (Å²) in [5.41, 5.74) is 6.32. The second-order valence-electron chi connectivity index (χ2n) is 4.31. The molecule has 100 valence electrons. The van der Waals surface area contributed by atoms with E-state index in [0.717, 1.165) is 5.39 Å². The number of hydrogen-bond donors (Lipinski definition) is 2. The van der Waals surface area contributed by atoms with Crippen LogP contribution in [-0.2, 0) is 0 Å². The quantitative estimate of drug-likeness (QED) is 0.700. The van der Waals surface area contributed by atoms with Crippen molar-refractivity contribution in [3.63, 3.8) is 0 Å². The highest BCUT2D eigenvalue weighted by Gasteiger charge is 2.08. The van der Waals surface area contributed by atoms with Crippen molar-refractivity contribution in [1.82, 2.24) is 4.98 Å². The SMILES string of the molecule is Nc1ccc(Cl)cc1Oc1nccc2ccc(O)cc12. The summed E-state index contributed by atoms with van der Waals surface area (Å²) in [5.74, 6) is 0.947. The summed E-state index contributed by atoms with van der Waals surface area (Å²) in [5, 5.41) is 11.7. The van der Waals surface area contributed by atoms with Crippen LogP contribution in [0.5, 0.6) is 17.4 Å². The molecule has 4 nitrogen and oxygen atoms in total. The normalized spacial score (nSPS) is 10.7. The Labute approximate surface area is 120 Å². The van der Waals surface area contributed by atoms with E-state index in [4.69, 9.17) is 22.1 Å². The predicted octanol–water partition coefficient (Wildman–Crippen LogP) is 3.97. The van der Waals surface area contributed by atoms with E-state index in [1.165, 1.54) is 0 Å². The molecule has 0 bridgehead atoms. The summed E-state index contributed by atoms with van der Waals surface area (Å²) in [7, 11) is 0. The fourth-order valence-corrected chi connectivity index (χ4v) is 2.07. The van der Waals surface area contributed by atoms with Gasteiger partial charge in [0, 0.05) is 22.7 Å². The zero-order valence-corrected chi connectivity index (χ0v) is 11.1. The van der Waals surface area contributed by atoms with E-state index in [9.17, 15) is 5.11 Å². The Kier molecular flexibility index (Phi) is 3.08. The molecule has 1 heterocycles. The van der Waals surface area contributed by atoms with Crippen molar-refractivity contribution in [3.8, 4) is 17.4 Å². The number of fused-ring (bicyclic) bond motifs is 1. The molecule has 0 unspecified atom stereocenters. The number of aromatic hydroxyl groups is 1. The van der Waals surface area contributed by atoms with Crippen LogP contribution in [0.3, 0.4) is 0 Å². The molecule has 0 radical (unpaired) electrons. The smallest absolute Gasteiger partial charge is 0.227 e. The maximum atomic E-state index is 9.59. The number of aromatic nitrogens is 1. The largest absolute Gasteiger partial charge is 0.508 e. The standard InChI is InChI=1S/C15H11ClN2O2/c16-10-2-4-13(17)14(7-10)20-15-12-8-11(19)3-1-9(12)5-6-18-15/h1-8,19H,17H2. The van der Waals surface area contributed by atoms with Crippen LogP contribution in [0.25, 0.3) is 10.8 Å². The Morgan fingerprint density at radius 1 is 1.10 bits per heavy atom. The molecule has 0 saturated carbocycles. The summed E-state index contributed by atoms with van der Waals surface area (Å²) in [6.07, 6.45) is 1.63. The molecule has 2 aromatic carbocycles. The first-order chi connectivity index (χ1) is 9.63. The fraction of sp³-hybridized carbons (Fsp3) is 0. The van der Waals surface area contributed by atoms with Gasteiger partial charge in [-0.25, -0.2) is 4.98 Å². The van der Waals surface area contributed by atoms with E-state index >= 15 is 0 Å². The number of nitrogen functional groups attached to an aromatic ring is 1. The molecular weight excluding hydrogens is 276 g/mol. The topological polar surface area (TPSA) is 68.4 Å². The van der Waals surface area contributed by atoms with E-state index in [-0.39, 0.29) is 5.75 Å². The molecule has 0 aliphatic carbocycles. The summed E-state index contributed by atoms with van der Waals surface area (Å²) in [4.78, 5) is 4.18. The van der Waals surface area contributed by atoms with E-state index in [0.29, 0.717) is 27.7 Å². The number of halogens is 1. The second-order valence-corrected chi connectivity index (χ2v) is 4.74. The van der Waals surface area contributed by atoms with Gasteiger partial charge in [0.15, 0.2) is 5.75 Å². The highest BCUT2D eigenvalue weighted by molar-refractivity contribution is 6.30. The van der Waals surface area contributed by atoms with Gasteiger partial charge in [0.2, 0.25) is 5.88 Å². The van der Waals surface area contributed by atoms with Gasteiger partial charge in [-0.15, -0.1) is 0 Å². The minimum atomic E-state index is 0.148. The molecule has 20 heavy (non-hydrogen) atoms. The summed E-state index contributed by atoms with van der Waals surface area (Å²) < 4.78 is 5.73. The minimum Gasteiger partial charge on any atom is -0.508 e. The third-order valence-electron chi connectivity index (χ3n) is 2.90. The molecule has 0 atom stereocenters.